The van der Waals surface area contributed by atoms with Crippen molar-refractivity contribution in [2.24, 2.45) is 0 Å². The van der Waals surface area contributed by atoms with E-state index in [1.807, 2.05) is 0 Å². The molecule has 0 N–H and O–H groups in total. The average molecular weight is 262 g/mol. The van der Waals surface area contributed by atoms with Crippen molar-refractivity contribution in [1.29, 1.82) is 0 Å². The summed E-state index contributed by atoms with van der Waals surface area (Å²) in [5.74, 6) is 0. The lowest BCUT2D eigenvalue weighted by molar-refractivity contribution is 0.0967. The van der Waals surface area contributed by atoms with Crippen LogP contribution < -0.4 is 0 Å². The Kier molecular flexibility index (Phi) is 16.7. The minimum absolute atomic E-state index is 0.691. The molecule has 0 bridgehead atoms. The van der Waals surface area contributed by atoms with Crippen molar-refractivity contribution in [1.82, 2.24) is 0 Å². The molecule has 0 aromatic heterocycles. The van der Waals surface area contributed by atoms with Crippen molar-refractivity contribution in [2.45, 2.75) is 38.5 Å². The zero-order valence-corrected chi connectivity index (χ0v) is 12.1. The molecule has 0 amide bonds. The molecule has 0 atom stereocenters. The van der Waals surface area contributed by atoms with Crippen LogP contribution in [0.4, 0.5) is 0 Å². The van der Waals surface area contributed by atoms with Crippen LogP contribution in [0.25, 0.3) is 0 Å². The molecule has 0 saturated carbocycles. The van der Waals surface area contributed by atoms with Crippen LogP contribution in [0.15, 0.2) is 0 Å². The fraction of sp³-hybridized carbons (Fsp3) is 1.00. The molecule has 0 aromatic rings. The highest BCUT2D eigenvalue weighted by atomic mass is 16.5. The molecule has 2 rings (SSSR count). The molecule has 2 fully saturated rings. The van der Waals surface area contributed by atoms with E-state index in [2.05, 4.69) is 9.47 Å². The van der Waals surface area contributed by atoms with Crippen molar-refractivity contribution in [3.05, 3.63) is 0 Å². The Bertz CT molecular complexity index is 94.7. The van der Waals surface area contributed by atoms with Gasteiger partial charge in [-0.2, -0.15) is 0 Å². The summed E-state index contributed by atoms with van der Waals surface area (Å²) in [5.41, 5.74) is 0. The van der Waals surface area contributed by atoms with Crippen LogP contribution in [0.5, 0.6) is 0 Å². The Balaban J connectivity index is 0.000000241. The Morgan fingerprint density at radius 2 is 0.944 bits per heavy atom. The second-order valence-electron chi connectivity index (χ2n) is 4.33. The van der Waals surface area contributed by atoms with Gasteiger partial charge in [-0.05, 0) is 38.5 Å². The van der Waals surface area contributed by atoms with Gasteiger partial charge in [0.05, 0.1) is 13.2 Å². The first-order chi connectivity index (χ1) is 8.91. The van der Waals surface area contributed by atoms with E-state index in [4.69, 9.17) is 9.47 Å². The highest BCUT2D eigenvalue weighted by molar-refractivity contribution is 4.45. The monoisotopic (exact) mass is 262 g/mol. The molecule has 2 aliphatic rings. The summed E-state index contributed by atoms with van der Waals surface area (Å²) in [6, 6.07) is 0. The van der Waals surface area contributed by atoms with Crippen molar-refractivity contribution < 1.29 is 18.9 Å². The van der Waals surface area contributed by atoms with E-state index in [9.17, 15) is 0 Å². The standard InChI is InChI=1S/2C5H10O.C4H10O2/c2*1-2-4-6-5-3-1;1-5-3-4-6-2/h2*1-5H2;3-4H2,1-2H3. The molecule has 110 valence electrons. The first kappa shape index (κ1) is 17.8. The van der Waals surface area contributed by atoms with E-state index in [-0.39, 0.29) is 0 Å². The van der Waals surface area contributed by atoms with Crippen LogP contribution in [0.2, 0.25) is 0 Å². The van der Waals surface area contributed by atoms with Crippen LogP contribution in [-0.4, -0.2) is 53.9 Å². The molecule has 4 heteroatoms. The van der Waals surface area contributed by atoms with Crippen molar-refractivity contribution in [2.75, 3.05) is 53.9 Å². The van der Waals surface area contributed by atoms with Crippen LogP contribution in [0.3, 0.4) is 0 Å². The number of ether oxygens (including phenoxy) is 4. The van der Waals surface area contributed by atoms with E-state index < -0.39 is 0 Å². The van der Waals surface area contributed by atoms with Gasteiger partial charge in [0.15, 0.2) is 0 Å². The lowest BCUT2D eigenvalue weighted by atomic mass is 10.2. The Morgan fingerprint density at radius 1 is 0.611 bits per heavy atom. The zero-order valence-electron chi connectivity index (χ0n) is 12.1. The minimum Gasteiger partial charge on any atom is -0.382 e. The molecule has 18 heavy (non-hydrogen) atoms. The predicted molar refractivity (Wildman–Crippen MR) is 73.1 cm³/mol. The summed E-state index contributed by atoms with van der Waals surface area (Å²) in [5, 5.41) is 0. The first-order valence-electron chi connectivity index (χ1n) is 7.05. The number of rotatable bonds is 3. The molecule has 0 radical (unpaired) electrons. The molecule has 0 spiro atoms. The van der Waals surface area contributed by atoms with Crippen molar-refractivity contribution in [3.8, 4) is 0 Å². The number of hydrogen-bond donors (Lipinski definition) is 0. The molecule has 2 saturated heterocycles. The fourth-order valence-corrected chi connectivity index (χ4v) is 1.54. The SMILES string of the molecule is C1CCOCC1.C1CCOCC1.COCCOC. The maximum Gasteiger partial charge on any atom is 0.0696 e. The summed E-state index contributed by atoms with van der Waals surface area (Å²) in [6.45, 7) is 5.38. The van der Waals surface area contributed by atoms with Crippen molar-refractivity contribution in [3.63, 3.8) is 0 Å². The third-order valence-corrected chi connectivity index (χ3v) is 2.65. The third kappa shape index (κ3) is 15.8. The summed E-state index contributed by atoms with van der Waals surface area (Å²) in [6.07, 6.45) is 7.86. The lowest BCUT2D eigenvalue weighted by Gasteiger charge is -2.08. The van der Waals surface area contributed by atoms with Gasteiger partial charge in [-0.25, -0.2) is 0 Å². The Labute approximate surface area is 112 Å². The molecule has 0 aliphatic carbocycles. The molecule has 2 heterocycles. The van der Waals surface area contributed by atoms with Gasteiger partial charge in [0.2, 0.25) is 0 Å². The highest BCUT2D eigenvalue weighted by Crippen LogP contribution is 2.02. The summed E-state index contributed by atoms with van der Waals surface area (Å²) < 4.78 is 19.5. The third-order valence-electron chi connectivity index (χ3n) is 2.65. The topological polar surface area (TPSA) is 36.9 Å². The molecule has 4 nitrogen and oxygen atoms in total. The van der Waals surface area contributed by atoms with Gasteiger partial charge in [0.1, 0.15) is 0 Å². The maximum absolute atomic E-state index is 5.07. The first-order valence-corrected chi connectivity index (χ1v) is 7.05. The van der Waals surface area contributed by atoms with E-state index in [0.29, 0.717) is 13.2 Å². The molecule has 0 unspecified atom stereocenters. The summed E-state index contributed by atoms with van der Waals surface area (Å²) in [7, 11) is 3.30. The largest absolute Gasteiger partial charge is 0.382 e. The van der Waals surface area contributed by atoms with Crippen molar-refractivity contribution >= 4 is 0 Å². The highest BCUT2D eigenvalue weighted by Gasteiger charge is 1.95. The normalized spacial score (nSPS) is 19.0. The van der Waals surface area contributed by atoms with Crippen LogP contribution >= 0.6 is 0 Å². The van der Waals surface area contributed by atoms with Crippen LogP contribution in [-0.2, 0) is 18.9 Å². The van der Waals surface area contributed by atoms with Gasteiger partial charge >= 0.3 is 0 Å². The number of hydrogen-bond acceptors (Lipinski definition) is 4. The predicted octanol–water partition coefficient (Wildman–Crippen LogP) is 2.65. The Morgan fingerprint density at radius 3 is 1.06 bits per heavy atom. The smallest absolute Gasteiger partial charge is 0.0696 e. The quantitative estimate of drug-likeness (QED) is 0.733. The lowest BCUT2D eigenvalue weighted by Crippen LogP contribution is -2.03. The van der Waals surface area contributed by atoms with Gasteiger partial charge in [0, 0.05) is 40.6 Å². The summed E-state index contributed by atoms with van der Waals surface area (Å²) in [4.78, 5) is 0. The maximum atomic E-state index is 5.07. The van der Waals surface area contributed by atoms with E-state index in [1.54, 1.807) is 14.2 Å². The average Bonchev–Trinajstić information content (AvgIpc) is 2.50. The van der Waals surface area contributed by atoms with Crippen LogP contribution in [0.1, 0.15) is 38.5 Å². The van der Waals surface area contributed by atoms with E-state index in [1.165, 1.54) is 38.5 Å². The second kappa shape index (κ2) is 16.8. The van der Waals surface area contributed by atoms with Crippen LogP contribution in [0, 0.1) is 0 Å². The molecule has 0 aromatic carbocycles. The minimum atomic E-state index is 0.691. The Hall–Kier alpha value is -0.160. The molecular weight excluding hydrogens is 232 g/mol. The molecule has 2 aliphatic heterocycles. The van der Waals surface area contributed by atoms with E-state index >= 15 is 0 Å². The second-order valence-corrected chi connectivity index (χ2v) is 4.33. The van der Waals surface area contributed by atoms with Gasteiger partial charge < -0.3 is 18.9 Å². The molecular formula is C14H30O4. The summed E-state index contributed by atoms with van der Waals surface area (Å²) >= 11 is 0. The van der Waals surface area contributed by atoms with Gasteiger partial charge in [0.25, 0.3) is 0 Å². The van der Waals surface area contributed by atoms with E-state index in [0.717, 1.165) is 26.4 Å². The van der Waals surface area contributed by atoms with Gasteiger partial charge in [-0.1, -0.05) is 0 Å². The van der Waals surface area contributed by atoms with Gasteiger partial charge in [-0.3, -0.25) is 0 Å². The van der Waals surface area contributed by atoms with Gasteiger partial charge in [-0.15, -0.1) is 0 Å². The fourth-order valence-electron chi connectivity index (χ4n) is 1.54. The zero-order chi connectivity index (χ0) is 13.3. The number of methoxy groups -OCH3 is 2.